The Morgan fingerprint density at radius 2 is 2.23 bits per heavy atom. The van der Waals surface area contributed by atoms with E-state index in [0.29, 0.717) is 26.1 Å². The van der Waals surface area contributed by atoms with Gasteiger partial charge in [0.15, 0.2) is 0 Å². The van der Waals surface area contributed by atoms with Gasteiger partial charge < -0.3 is 15.7 Å². The van der Waals surface area contributed by atoms with Crippen LogP contribution >= 0.6 is 0 Å². The van der Waals surface area contributed by atoms with Crippen LogP contribution in [0.4, 0.5) is 0 Å². The minimum Gasteiger partial charge on any atom is -0.396 e. The van der Waals surface area contributed by atoms with Crippen molar-refractivity contribution in [2.75, 3.05) is 26.2 Å². The zero-order valence-electron chi connectivity index (χ0n) is 8.49. The molecule has 0 aromatic rings. The number of nitrogens with zero attached hydrogens (tertiary/aromatic N) is 1. The summed E-state index contributed by atoms with van der Waals surface area (Å²) in [5.41, 5.74) is 5.40. The van der Waals surface area contributed by atoms with Crippen LogP contribution in [0.1, 0.15) is 20.3 Å². The molecule has 0 saturated carbocycles. The number of amides is 1. The molecular formula is C9H20N2O2. The first kappa shape index (κ1) is 12.4. The van der Waals surface area contributed by atoms with Crippen molar-refractivity contribution < 1.29 is 9.90 Å². The molecule has 0 saturated heterocycles. The monoisotopic (exact) mass is 188 g/mol. The summed E-state index contributed by atoms with van der Waals surface area (Å²) in [6, 6.07) is 0. The van der Waals surface area contributed by atoms with Crippen molar-refractivity contribution in [3.05, 3.63) is 0 Å². The summed E-state index contributed by atoms with van der Waals surface area (Å²) in [5, 5.41) is 8.63. The number of carbonyl (C=O) groups excluding carboxylic acids is 1. The van der Waals surface area contributed by atoms with E-state index < -0.39 is 0 Å². The summed E-state index contributed by atoms with van der Waals surface area (Å²) in [4.78, 5) is 13.3. The quantitative estimate of drug-likeness (QED) is 0.607. The highest BCUT2D eigenvalue weighted by Gasteiger charge is 2.16. The van der Waals surface area contributed by atoms with Crippen molar-refractivity contribution in [2.45, 2.75) is 20.3 Å². The first-order chi connectivity index (χ1) is 6.17. The zero-order chi connectivity index (χ0) is 10.3. The number of nitrogens with two attached hydrogens (primary N) is 1. The topological polar surface area (TPSA) is 66.6 Å². The van der Waals surface area contributed by atoms with Crippen LogP contribution in [0.15, 0.2) is 0 Å². The van der Waals surface area contributed by atoms with Crippen LogP contribution in [-0.2, 0) is 4.79 Å². The first-order valence-electron chi connectivity index (χ1n) is 4.77. The Kier molecular flexibility index (Phi) is 6.54. The molecule has 1 unspecified atom stereocenters. The summed E-state index contributed by atoms with van der Waals surface area (Å²) in [6.07, 6.45) is 0.636. The predicted molar refractivity (Wildman–Crippen MR) is 52.2 cm³/mol. The van der Waals surface area contributed by atoms with Crippen LogP contribution in [0.5, 0.6) is 0 Å². The van der Waals surface area contributed by atoms with E-state index in [2.05, 4.69) is 0 Å². The number of hydrogen-bond acceptors (Lipinski definition) is 3. The van der Waals surface area contributed by atoms with Gasteiger partial charge in [-0.25, -0.2) is 0 Å². The lowest BCUT2D eigenvalue weighted by atomic mass is 10.1. The van der Waals surface area contributed by atoms with Gasteiger partial charge in [0.2, 0.25) is 5.91 Å². The summed E-state index contributed by atoms with van der Waals surface area (Å²) in [6.45, 7) is 5.57. The van der Waals surface area contributed by atoms with Gasteiger partial charge in [0.1, 0.15) is 0 Å². The largest absolute Gasteiger partial charge is 0.396 e. The van der Waals surface area contributed by atoms with E-state index in [-0.39, 0.29) is 18.4 Å². The Hall–Kier alpha value is -0.610. The molecule has 0 fully saturated rings. The van der Waals surface area contributed by atoms with Gasteiger partial charge in [-0.3, -0.25) is 4.79 Å². The van der Waals surface area contributed by atoms with Crippen LogP contribution < -0.4 is 5.73 Å². The molecular weight excluding hydrogens is 168 g/mol. The van der Waals surface area contributed by atoms with E-state index in [1.807, 2.05) is 13.8 Å². The Bertz CT molecular complexity index is 151. The highest BCUT2D eigenvalue weighted by Crippen LogP contribution is 2.01. The first-order valence-corrected chi connectivity index (χ1v) is 4.77. The highest BCUT2D eigenvalue weighted by atomic mass is 16.3. The molecule has 3 N–H and O–H groups in total. The van der Waals surface area contributed by atoms with Gasteiger partial charge in [-0.2, -0.15) is 0 Å². The lowest BCUT2D eigenvalue weighted by molar-refractivity contribution is -0.134. The van der Waals surface area contributed by atoms with Gasteiger partial charge in [0.05, 0.1) is 0 Å². The second kappa shape index (κ2) is 6.86. The second-order valence-corrected chi connectivity index (χ2v) is 3.13. The Labute approximate surface area is 79.7 Å². The van der Waals surface area contributed by atoms with E-state index >= 15 is 0 Å². The molecule has 0 radical (unpaired) electrons. The summed E-state index contributed by atoms with van der Waals surface area (Å²) < 4.78 is 0. The molecule has 0 aliphatic rings. The van der Waals surface area contributed by atoms with Gasteiger partial charge >= 0.3 is 0 Å². The van der Waals surface area contributed by atoms with Gasteiger partial charge in [-0.05, 0) is 13.3 Å². The fourth-order valence-corrected chi connectivity index (χ4v) is 1.10. The standard InChI is InChI=1S/C9H20N2O2/c1-3-11(5-4-6-12)9(13)8(2)7-10/h8,12H,3-7,10H2,1-2H3. The fourth-order valence-electron chi connectivity index (χ4n) is 1.10. The molecule has 0 aromatic carbocycles. The van der Waals surface area contributed by atoms with Crippen molar-refractivity contribution in [2.24, 2.45) is 11.7 Å². The van der Waals surface area contributed by atoms with Crippen molar-refractivity contribution in [1.29, 1.82) is 0 Å². The smallest absolute Gasteiger partial charge is 0.226 e. The van der Waals surface area contributed by atoms with E-state index in [1.54, 1.807) is 4.90 Å². The lowest BCUT2D eigenvalue weighted by Gasteiger charge is -2.23. The summed E-state index contributed by atoms with van der Waals surface area (Å²) in [5.74, 6) is -0.0305. The normalized spacial score (nSPS) is 12.6. The molecule has 13 heavy (non-hydrogen) atoms. The van der Waals surface area contributed by atoms with E-state index in [1.165, 1.54) is 0 Å². The van der Waals surface area contributed by atoms with Crippen LogP contribution in [0.25, 0.3) is 0 Å². The Morgan fingerprint density at radius 1 is 1.62 bits per heavy atom. The third-order valence-corrected chi connectivity index (χ3v) is 2.05. The minimum absolute atomic E-state index is 0.0819. The summed E-state index contributed by atoms with van der Waals surface area (Å²) >= 11 is 0. The number of rotatable bonds is 6. The third-order valence-electron chi connectivity index (χ3n) is 2.05. The van der Waals surface area contributed by atoms with Crippen molar-refractivity contribution >= 4 is 5.91 Å². The highest BCUT2D eigenvalue weighted by molar-refractivity contribution is 5.78. The molecule has 4 heteroatoms. The lowest BCUT2D eigenvalue weighted by Crippen LogP contribution is -2.38. The molecule has 0 aliphatic heterocycles. The second-order valence-electron chi connectivity index (χ2n) is 3.13. The van der Waals surface area contributed by atoms with Gasteiger partial charge in [0.25, 0.3) is 0 Å². The minimum atomic E-state index is -0.112. The van der Waals surface area contributed by atoms with E-state index in [9.17, 15) is 4.79 Å². The van der Waals surface area contributed by atoms with E-state index in [4.69, 9.17) is 10.8 Å². The Balaban J connectivity index is 3.98. The maximum absolute atomic E-state index is 11.6. The molecule has 78 valence electrons. The molecule has 0 aromatic heterocycles. The van der Waals surface area contributed by atoms with Gasteiger partial charge in [-0.1, -0.05) is 6.92 Å². The maximum Gasteiger partial charge on any atom is 0.226 e. The number of carbonyl (C=O) groups is 1. The number of aliphatic hydroxyl groups is 1. The fraction of sp³-hybridized carbons (Fsp3) is 0.889. The summed E-state index contributed by atoms with van der Waals surface area (Å²) in [7, 11) is 0. The predicted octanol–water partition coefficient (Wildman–Crippen LogP) is -0.188. The van der Waals surface area contributed by atoms with Crippen LogP contribution in [-0.4, -0.2) is 42.2 Å². The average molecular weight is 188 g/mol. The van der Waals surface area contributed by atoms with Crippen LogP contribution in [0.3, 0.4) is 0 Å². The molecule has 0 aliphatic carbocycles. The number of hydrogen-bond donors (Lipinski definition) is 2. The van der Waals surface area contributed by atoms with Crippen LogP contribution in [0.2, 0.25) is 0 Å². The third kappa shape index (κ3) is 4.24. The van der Waals surface area contributed by atoms with Crippen molar-refractivity contribution in [3.63, 3.8) is 0 Å². The molecule has 4 nitrogen and oxygen atoms in total. The molecule has 1 atom stereocenters. The molecule has 0 heterocycles. The molecule has 0 rings (SSSR count). The van der Waals surface area contributed by atoms with Gasteiger partial charge in [0, 0.05) is 32.2 Å². The van der Waals surface area contributed by atoms with Crippen LogP contribution in [0, 0.1) is 5.92 Å². The number of aliphatic hydroxyl groups excluding tert-OH is 1. The SMILES string of the molecule is CCN(CCCO)C(=O)C(C)CN. The van der Waals surface area contributed by atoms with Gasteiger partial charge in [-0.15, -0.1) is 0 Å². The molecule has 1 amide bonds. The van der Waals surface area contributed by atoms with E-state index in [0.717, 1.165) is 0 Å². The maximum atomic E-state index is 11.6. The molecule has 0 bridgehead atoms. The Morgan fingerprint density at radius 3 is 2.62 bits per heavy atom. The van der Waals surface area contributed by atoms with Crippen molar-refractivity contribution in [3.8, 4) is 0 Å². The average Bonchev–Trinajstić information content (AvgIpc) is 2.17. The molecule has 0 spiro atoms. The zero-order valence-corrected chi connectivity index (χ0v) is 8.49. The van der Waals surface area contributed by atoms with Crippen molar-refractivity contribution in [1.82, 2.24) is 4.90 Å².